The number of carbonyl (C=O) groups excluding carboxylic acids is 1. The molecule has 0 spiro atoms. The summed E-state index contributed by atoms with van der Waals surface area (Å²) in [6.07, 6.45) is 5.50. The van der Waals surface area contributed by atoms with Gasteiger partial charge in [0.15, 0.2) is 0 Å². The summed E-state index contributed by atoms with van der Waals surface area (Å²) >= 11 is 0. The minimum atomic E-state index is 0.321. The molecule has 2 N–H and O–H groups in total. The Bertz CT molecular complexity index is 397. The molecule has 1 fully saturated rings. The number of hydrogen-bond donors (Lipinski definition) is 1. The molecule has 18 heavy (non-hydrogen) atoms. The molecule has 3 heteroatoms. The molecular formula is C15H21NO2. The number of anilines is 1. The maximum atomic E-state index is 11.8. The minimum Gasteiger partial charge on any atom is -0.399 e. The van der Waals surface area contributed by atoms with Gasteiger partial charge in [-0.3, -0.25) is 4.79 Å². The van der Waals surface area contributed by atoms with Crippen molar-refractivity contribution in [3.63, 3.8) is 0 Å². The van der Waals surface area contributed by atoms with Gasteiger partial charge in [-0.05, 0) is 43.4 Å². The first-order valence-corrected chi connectivity index (χ1v) is 6.72. The van der Waals surface area contributed by atoms with Crippen molar-refractivity contribution in [2.45, 2.75) is 44.6 Å². The molecule has 1 atom stereocenters. The Balaban J connectivity index is 1.68. The van der Waals surface area contributed by atoms with E-state index in [1.54, 1.807) is 0 Å². The second-order valence-corrected chi connectivity index (χ2v) is 4.96. The van der Waals surface area contributed by atoms with Crippen LogP contribution in [-0.4, -0.2) is 18.5 Å². The number of Topliss-reactive ketones (excluding diaryl/α,β-unsaturated/α-hetero) is 1. The van der Waals surface area contributed by atoms with E-state index >= 15 is 0 Å². The van der Waals surface area contributed by atoms with E-state index in [1.165, 1.54) is 0 Å². The van der Waals surface area contributed by atoms with E-state index < -0.39 is 0 Å². The molecule has 0 amide bonds. The van der Waals surface area contributed by atoms with Crippen LogP contribution in [0.15, 0.2) is 24.3 Å². The van der Waals surface area contributed by atoms with Crippen LogP contribution in [0.1, 0.15) is 37.7 Å². The highest BCUT2D eigenvalue weighted by Gasteiger charge is 2.16. The molecule has 0 aliphatic carbocycles. The molecule has 2 rings (SSSR count). The summed E-state index contributed by atoms with van der Waals surface area (Å²) in [6.45, 7) is 0.863. The van der Waals surface area contributed by atoms with Gasteiger partial charge >= 0.3 is 0 Å². The summed E-state index contributed by atoms with van der Waals surface area (Å²) < 4.78 is 5.51. The van der Waals surface area contributed by atoms with E-state index in [-0.39, 0.29) is 0 Å². The van der Waals surface area contributed by atoms with Crippen LogP contribution in [0.5, 0.6) is 0 Å². The first kappa shape index (κ1) is 13.1. The van der Waals surface area contributed by atoms with Crippen LogP contribution in [0, 0.1) is 0 Å². The molecule has 1 heterocycles. The van der Waals surface area contributed by atoms with Crippen molar-refractivity contribution in [2.75, 3.05) is 12.3 Å². The van der Waals surface area contributed by atoms with E-state index in [9.17, 15) is 4.79 Å². The van der Waals surface area contributed by atoms with E-state index in [2.05, 4.69) is 0 Å². The molecular weight excluding hydrogens is 226 g/mol. The van der Waals surface area contributed by atoms with Crippen LogP contribution in [0.4, 0.5) is 5.69 Å². The zero-order valence-electron chi connectivity index (χ0n) is 10.7. The summed E-state index contributed by atoms with van der Waals surface area (Å²) in [5.41, 5.74) is 7.61. The fourth-order valence-corrected chi connectivity index (χ4v) is 2.35. The number of benzene rings is 1. The van der Waals surface area contributed by atoms with Gasteiger partial charge in [-0.1, -0.05) is 12.1 Å². The first-order chi connectivity index (χ1) is 8.74. The molecule has 0 bridgehead atoms. The summed E-state index contributed by atoms with van der Waals surface area (Å²) in [4.78, 5) is 11.8. The van der Waals surface area contributed by atoms with Crippen molar-refractivity contribution in [1.82, 2.24) is 0 Å². The van der Waals surface area contributed by atoms with E-state index in [0.717, 1.165) is 43.5 Å². The Hall–Kier alpha value is -1.35. The number of nitrogen functional groups attached to an aromatic ring is 1. The van der Waals surface area contributed by atoms with Crippen molar-refractivity contribution in [1.29, 1.82) is 0 Å². The van der Waals surface area contributed by atoms with Gasteiger partial charge in [0.05, 0.1) is 6.10 Å². The molecule has 1 unspecified atom stereocenters. The molecule has 98 valence electrons. The van der Waals surface area contributed by atoms with Gasteiger partial charge in [0, 0.05) is 25.1 Å². The smallest absolute Gasteiger partial charge is 0.133 e. The third kappa shape index (κ3) is 4.15. The van der Waals surface area contributed by atoms with Crippen molar-refractivity contribution < 1.29 is 9.53 Å². The van der Waals surface area contributed by atoms with E-state index in [4.69, 9.17) is 10.5 Å². The maximum Gasteiger partial charge on any atom is 0.133 e. The van der Waals surface area contributed by atoms with Crippen molar-refractivity contribution in [3.05, 3.63) is 29.8 Å². The van der Waals surface area contributed by atoms with Gasteiger partial charge in [0.1, 0.15) is 5.78 Å². The Morgan fingerprint density at radius 2 is 2.28 bits per heavy atom. The molecule has 3 nitrogen and oxygen atoms in total. The van der Waals surface area contributed by atoms with Crippen LogP contribution in [0.3, 0.4) is 0 Å². The number of aryl methyl sites for hydroxylation is 1. The summed E-state index contributed by atoms with van der Waals surface area (Å²) in [5, 5.41) is 0. The van der Waals surface area contributed by atoms with Gasteiger partial charge in [-0.2, -0.15) is 0 Å². The lowest BCUT2D eigenvalue weighted by Crippen LogP contribution is -2.09. The van der Waals surface area contributed by atoms with E-state index in [1.807, 2.05) is 24.3 Å². The zero-order valence-corrected chi connectivity index (χ0v) is 10.7. The average molecular weight is 247 g/mol. The third-order valence-electron chi connectivity index (χ3n) is 3.41. The number of rotatable bonds is 6. The number of ether oxygens (including phenoxy) is 1. The normalized spacial score (nSPS) is 19.0. The monoisotopic (exact) mass is 247 g/mol. The SMILES string of the molecule is Nc1cccc(CCC(=O)CCC2CCCO2)c1. The van der Waals surface area contributed by atoms with Gasteiger partial charge in [-0.25, -0.2) is 0 Å². The first-order valence-electron chi connectivity index (χ1n) is 6.72. The molecule has 1 aromatic rings. The average Bonchev–Trinajstić information content (AvgIpc) is 2.87. The molecule has 0 aromatic heterocycles. The lowest BCUT2D eigenvalue weighted by atomic mass is 10.0. The van der Waals surface area contributed by atoms with Crippen LogP contribution in [0.2, 0.25) is 0 Å². The predicted octanol–water partition coefficient (Wildman–Crippen LogP) is 2.73. The van der Waals surface area contributed by atoms with Crippen molar-refractivity contribution in [3.8, 4) is 0 Å². The molecule has 1 aromatic carbocycles. The highest BCUT2D eigenvalue weighted by atomic mass is 16.5. The Labute approximate surface area is 108 Å². The maximum absolute atomic E-state index is 11.8. The van der Waals surface area contributed by atoms with Crippen LogP contribution in [-0.2, 0) is 16.0 Å². The lowest BCUT2D eigenvalue weighted by molar-refractivity contribution is -0.119. The van der Waals surface area contributed by atoms with Crippen molar-refractivity contribution in [2.24, 2.45) is 0 Å². The Morgan fingerprint density at radius 3 is 3.00 bits per heavy atom. The topological polar surface area (TPSA) is 52.3 Å². The van der Waals surface area contributed by atoms with Crippen LogP contribution >= 0.6 is 0 Å². The van der Waals surface area contributed by atoms with Gasteiger partial charge in [0.25, 0.3) is 0 Å². The van der Waals surface area contributed by atoms with E-state index in [0.29, 0.717) is 24.7 Å². The van der Waals surface area contributed by atoms with Crippen LogP contribution < -0.4 is 5.73 Å². The molecule has 0 radical (unpaired) electrons. The number of nitrogens with two attached hydrogens (primary N) is 1. The summed E-state index contributed by atoms with van der Waals surface area (Å²) in [5.74, 6) is 0.327. The second kappa shape index (κ2) is 6.55. The molecule has 1 aliphatic heterocycles. The fourth-order valence-electron chi connectivity index (χ4n) is 2.35. The van der Waals surface area contributed by atoms with Gasteiger partial charge in [-0.15, -0.1) is 0 Å². The molecule has 1 aliphatic rings. The van der Waals surface area contributed by atoms with Crippen LogP contribution in [0.25, 0.3) is 0 Å². The zero-order chi connectivity index (χ0) is 12.8. The van der Waals surface area contributed by atoms with Crippen molar-refractivity contribution >= 4 is 11.5 Å². The standard InChI is InChI=1S/C15H21NO2/c16-13-4-1-3-12(11-13)6-7-14(17)8-9-15-5-2-10-18-15/h1,3-4,11,15H,2,5-10,16H2. The lowest BCUT2D eigenvalue weighted by Gasteiger charge is -2.08. The molecule has 0 saturated carbocycles. The number of carbonyl (C=O) groups is 1. The predicted molar refractivity (Wildman–Crippen MR) is 72.4 cm³/mol. The Morgan fingerprint density at radius 1 is 1.39 bits per heavy atom. The second-order valence-electron chi connectivity index (χ2n) is 4.96. The summed E-state index contributed by atoms with van der Waals surface area (Å²) in [6, 6.07) is 7.75. The third-order valence-corrected chi connectivity index (χ3v) is 3.41. The number of hydrogen-bond acceptors (Lipinski definition) is 3. The number of ketones is 1. The van der Waals surface area contributed by atoms with Gasteiger partial charge < -0.3 is 10.5 Å². The van der Waals surface area contributed by atoms with Gasteiger partial charge in [0.2, 0.25) is 0 Å². The highest BCUT2D eigenvalue weighted by Crippen LogP contribution is 2.17. The molecule has 1 saturated heterocycles. The Kier molecular flexibility index (Phi) is 4.76. The quantitative estimate of drug-likeness (QED) is 0.786. The fraction of sp³-hybridized carbons (Fsp3) is 0.533. The highest BCUT2D eigenvalue weighted by molar-refractivity contribution is 5.78. The largest absolute Gasteiger partial charge is 0.399 e. The summed E-state index contributed by atoms with van der Waals surface area (Å²) in [7, 11) is 0. The minimum absolute atomic E-state index is 0.321.